The van der Waals surface area contributed by atoms with Crippen LogP contribution in [-0.2, 0) is 9.53 Å². The first kappa shape index (κ1) is 27.0. The van der Waals surface area contributed by atoms with Gasteiger partial charge < -0.3 is 26.4 Å². The van der Waals surface area contributed by atoms with Crippen LogP contribution in [0.15, 0.2) is 48.5 Å². The number of carbonyl (C=O) groups excluding carboxylic acids is 3. The largest absolute Gasteiger partial charge is 0.395 e. The van der Waals surface area contributed by atoms with Crippen molar-refractivity contribution in [3.8, 4) is 0 Å². The Morgan fingerprint density at radius 3 is 2.34 bits per heavy atom. The van der Waals surface area contributed by atoms with Crippen LogP contribution < -0.4 is 26.6 Å². The van der Waals surface area contributed by atoms with E-state index in [-0.39, 0.29) is 34.6 Å². The van der Waals surface area contributed by atoms with Crippen LogP contribution in [0.1, 0.15) is 44.6 Å². The number of primary amides is 1. The van der Waals surface area contributed by atoms with Crippen molar-refractivity contribution in [2.24, 2.45) is 5.73 Å². The Kier molecular flexibility index (Phi) is 8.23. The zero-order chi connectivity index (χ0) is 27.4. The number of hydrogen-bond donors (Lipinski definition) is 3. The van der Waals surface area contributed by atoms with E-state index in [9.17, 15) is 18.8 Å². The average molecular weight is 541 g/mol. The number of aromatic nitrogens is 1. The maximum atomic E-state index is 14.0. The number of benzene rings is 2. The van der Waals surface area contributed by atoms with E-state index in [1.165, 1.54) is 29.2 Å². The molecule has 0 bridgehead atoms. The number of nitrogens with one attached hydrogen (secondary N) is 1. The number of anilines is 3. The van der Waals surface area contributed by atoms with Crippen molar-refractivity contribution in [1.82, 2.24) is 9.69 Å². The molecule has 1 aromatic heterocycles. The van der Waals surface area contributed by atoms with Crippen molar-refractivity contribution >= 4 is 46.3 Å². The quantitative estimate of drug-likeness (QED) is 0.379. The fourth-order valence-corrected chi connectivity index (χ4v) is 4.96. The monoisotopic (exact) mass is 540 g/mol. The van der Waals surface area contributed by atoms with Gasteiger partial charge in [-0.2, -0.15) is 4.37 Å². The number of carbonyl (C=O) groups is 3. The molecule has 1 fully saturated rings. The zero-order valence-electron chi connectivity index (χ0n) is 21.0. The summed E-state index contributed by atoms with van der Waals surface area (Å²) in [6, 6.07) is 11.2. The fourth-order valence-electron chi connectivity index (χ4n) is 4.21. The summed E-state index contributed by atoms with van der Waals surface area (Å²) in [5.74, 6) is -2.54. The second-order valence-corrected chi connectivity index (χ2v) is 9.83. The third kappa shape index (κ3) is 5.76. The lowest BCUT2D eigenvalue weighted by Crippen LogP contribution is -2.45. The molecule has 38 heavy (non-hydrogen) atoms. The molecular weight excluding hydrogens is 511 g/mol. The highest BCUT2D eigenvalue weighted by Gasteiger charge is 2.36. The highest BCUT2D eigenvalue weighted by Crippen LogP contribution is 2.34. The Balaban J connectivity index is 1.81. The van der Waals surface area contributed by atoms with Gasteiger partial charge in [-0.1, -0.05) is 12.1 Å². The second-order valence-electron chi connectivity index (χ2n) is 9.06. The molecule has 12 heteroatoms. The summed E-state index contributed by atoms with van der Waals surface area (Å²) in [5, 5.41) is 2.91. The van der Waals surface area contributed by atoms with E-state index >= 15 is 0 Å². The molecule has 0 aliphatic carbocycles. The third-order valence-corrected chi connectivity index (χ3v) is 7.09. The molecule has 1 aliphatic heterocycles. The molecule has 4 rings (SSSR count). The maximum Gasteiger partial charge on any atom is 0.273 e. The van der Waals surface area contributed by atoms with E-state index in [4.69, 9.17) is 16.2 Å². The molecule has 0 radical (unpaired) electrons. The normalized spacial score (nSPS) is 15.6. The van der Waals surface area contributed by atoms with E-state index in [1.807, 2.05) is 31.1 Å². The number of ether oxygens (including phenoxy) is 1. The minimum atomic E-state index is -1.16. The predicted octanol–water partition coefficient (Wildman–Crippen LogP) is 2.71. The average Bonchev–Trinajstić information content (AvgIpc) is 3.56. The van der Waals surface area contributed by atoms with Crippen LogP contribution in [0.2, 0.25) is 0 Å². The number of halogens is 1. The van der Waals surface area contributed by atoms with Gasteiger partial charge in [0.25, 0.3) is 11.8 Å². The van der Waals surface area contributed by atoms with Crippen molar-refractivity contribution in [2.75, 3.05) is 42.8 Å². The Hall–Kier alpha value is -4.03. The van der Waals surface area contributed by atoms with Gasteiger partial charge in [0.2, 0.25) is 5.91 Å². The molecule has 3 aromatic rings. The summed E-state index contributed by atoms with van der Waals surface area (Å²) < 4.78 is 23.4. The van der Waals surface area contributed by atoms with Gasteiger partial charge in [0.1, 0.15) is 16.7 Å². The van der Waals surface area contributed by atoms with E-state index < -0.39 is 29.6 Å². The van der Waals surface area contributed by atoms with Gasteiger partial charge in [0.05, 0.1) is 11.8 Å². The first-order valence-electron chi connectivity index (χ1n) is 12.0. The highest BCUT2D eigenvalue weighted by molar-refractivity contribution is 7.09. The second kappa shape index (κ2) is 11.6. The van der Waals surface area contributed by atoms with Crippen molar-refractivity contribution in [3.05, 3.63) is 70.5 Å². The first-order chi connectivity index (χ1) is 18.2. The Labute approximate surface area is 223 Å². The maximum absolute atomic E-state index is 14.0. The molecule has 5 N–H and O–H groups in total. The molecule has 200 valence electrons. The number of hydrogen-bond acceptors (Lipinski definition) is 8. The van der Waals surface area contributed by atoms with Crippen LogP contribution in [0, 0.1) is 5.82 Å². The molecule has 10 nitrogen and oxygen atoms in total. The van der Waals surface area contributed by atoms with Crippen LogP contribution >= 0.6 is 11.5 Å². The predicted molar refractivity (Wildman–Crippen MR) is 144 cm³/mol. The summed E-state index contributed by atoms with van der Waals surface area (Å²) >= 11 is 0.704. The SMILES string of the molecule is CN(C)c1ccc([C@H](C(=O)NC[C@H]2CCCO2)N(C(=O)c2snc(C(N)=O)c2N)c2ccc(F)cc2)cc1. The van der Waals surface area contributed by atoms with Gasteiger partial charge in [0, 0.05) is 38.6 Å². The Bertz CT molecular complexity index is 1310. The summed E-state index contributed by atoms with van der Waals surface area (Å²) in [4.78, 5) is 42.6. The summed E-state index contributed by atoms with van der Waals surface area (Å²) in [7, 11) is 3.77. The summed E-state index contributed by atoms with van der Waals surface area (Å²) in [6.07, 6.45) is 1.60. The van der Waals surface area contributed by atoms with Crippen LogP contribution in [0.25, 0.3) is 0 Å². The molecule has 2 atom stereocenters. The zero-order valence-corrected chi connectivity index (χ0v) is 21.8. The Morgan fingerprint density at radius 1 is 1.13 bits per heavy atom. The number of nitrogen functional groups attached to an aromatic ring is 1. The number of rotatable bonds is 9. The number of nitrogens with zero attached hydrogens (tertiary/aromatic N) is 3. The standard InChI is InChI=1S/C26H29FN6O4S/c1-32(2)17-9-5-15(6-10-17)22(25(35)30-14-19-4-3-13-37-19)33(18-11-7-16(27)8-12-18)26(36)23-20(28)21(24(29)34)31-38-23/h5-12,19,22H,3-4,13-14,28H2,1-2H3,(H2,29,34)(H,30,35)/t19-,22-/m1/s1. The van der Waals surface area contributed by atoms with Gasteiger partial charge in [-0.05, 0) is 66.3 Å². The van der Waals surface area contributed by atoms with Gasteiger partial charge in [-0.3, -0.25) is 19.3 Å². The van der Waals surface area contributed by atoms with Crippen LogP contribution in [-0.4, -0.2) is 55.4 Å². The molecule has 0 saturated carbocycles. The lowest BCUT2D eigenvalue weighted by Gasteiger charge is -2.32. The van der Waals surface area contributed by atoms with Crippen LogP contribution in [0.3, 0.4) is 0 Å². The molecule has 2 aromatic carbocycles. The Morgan fingerprint density at radius 2 is 1.79 bits per heavy atom. The van der Waals surface area contributed by atoms with E-state index in [0.717, 1.165) is 18.5 Å². The minimum Gasteiger partial charge on any atom is -0.395 e. The van der Waals surface area contributed by atoms with E-state index in [2.05, 4.69) is 9.69 Å². The third-order valence-electron chi connectivity index (χ3n) is 6.24. The van der Waals surface area contributed by atoms with Crippen LogP contribution in [0.5, 0.6) is 0 Å². The van der Waals surface area contributed by atoms with Gasteiger partial charge in [-0.15, -0.1) is 0 Å². The lowest BCUT2D eigenvalue weighted by molar-refractivity contribution is -0.123. The molecule has 0 unspecified atom stereocenters. The lowest BCUT2D eigenvalue weighted by atomic mass is 10.0. The molecule has 0 spiro atoms. The van der Waals surface area contributed by atoms with Gasteiger partial charge in [-0.25, -0.2) is 4.39 Å². The first-order valence-corrected chi connectivity index (χ1v) is 12.8. The molecule has 2 heterocycles. The minimum absolute atomic E-state index is 0.0648. The van der Waals surface area contributed by atoms with Crippen molar-refractivity contribution < 1.29 is 23.5 Å². The van der Waals surface area contributed by atoms with Gasteiger partial charge in [0.15, 0.2) is 5.69 Å². The highest BCUT2D eigenvalue weighted by atomic mass is 32.1. The van der Waals surface area contributed by atoms with Crippen molar-refractivity contribution in [2.45, 2.75) is 25.0 Å². The summed E-state index contributed by atoms with van der Waals surface area (Å²) in [6.45, 7) is 0.897. The van der Waals surface area contributed by atoms with Gasteiger partial charge >= 0.3 is 0 Å². The van der Waals surface area contributed by atoms with Crippen LogP contribution in [0.4, 0.5) is 21.5 Å². The molecule has 1 aliphatic rings. The van der Waals surface area contributed by atoms with Crippen molar-refractivity contribution in [3.63, 3.8) is 0 Å². The van der Waals surface area contributed by atoms with Crippen molar-refractivity contribution in [1.29, 1.82) is 0 Å². The molecule has 1 saturated heterocycles. The number of nitrogens with two attached hydrogens (primary N) is 2. The van der Waals surface area contributed by atoms with E-state index in [1.54, 1.807) is 12.1 Å². The summed E-state index contributed by atoms with van der Waals surface area (Å²) in [5.41, 5.74) is 12.7. The topological polar surface area (TPSA) is 144 Å². The van der Waals surface area contributed by atoms with E-state index in [0.29, 0.717) is 23.7 Å². The smallest absolute Gasteiger partial charge is 0.273 e. The molecule has 3 amide bonds. The molecular formula is C26H29FN6O4S. The number of amides is 3. The fraction of sp³-hybridized carbons (Fsp3) is 0.308.